The van der Waals surface area contributed by atoms with Gasteiger partial charge in [-0.2, -0.15) is 5.10 Å². The minimum absolute atomic E-state index is 0.132. The summed E-state index contributed by atoms with van der Waals surface area (Å²) in [6, 6.07) is 9.17. The Bertz CT molecular complexity index is 1480. The predicted octanol–water partition coefficient (Wildman–Crippen LogP) is 5.29. The Morgan fingerprint density at radius 3 is 2.66 bits per heavy atom. The molecule has 11 heteroatoms. The maximum absolute atomic E-state index is 12.4. The van der Waals surface area contributed by atoms with E-state index in [2.05, 4.69) is 15.3 Å². The lowest BCUT2D eigenvalue weighted by molar-refractivity contribution is -0.114. The van der Waals surface area contributed by atoms with E-state index in [0.29, 0.717) is 27.2 Å². The molecule has 0 aliphatic carbocycles. The van der Waals surface area contributed by atoms with Gasteiger partial charge in [-0.15, -0.1) is 11.8 Å². The number of nitrogens with one attached hydrogen (secondary N) is 1. The number of aryl methyl sites for hydroxylation is 1. The van der Waals surface area contributed by atoms with Crippen LogP contribution in [0.25, 0.3) is 27.5 Å². The summed E-state index contributed by atoms with van der Waals surface area (Å²) in [5.74, 6) is 0.348. The van der Waals surface area contributed by atoms with Gasteiger partial charge in [0, 0.05) is 49.8 Å². The van der Waals surface area contributed by atoms with Crippen LogP contribution in [0.5, 0.6) is 0 Å². The summed E-state index contributed by atoms with van der Waals surface area (Å²) in [6.07, 6.45) is 1.81. The largest absolute Gasteiger partial charge is 0.345 e. The highest BCUT2D eigenvalue weighted by molar-refractivity contribution is 7.99. The molecule has 0 bridgehead atoms. The van der Waals surface area contributed by atoms with Crippen LogP contribution in [0.2, 0.25) is 5.02 Å². The number of carbonyl (C=O) groups is 2. The van der Waals surface area contributed by atoms with Gasteiger partial charge in [0.15, 0.2) is 5.13 Å². The normalized spacial score (nSPS) is 12.1. The molecule has 0 spiro atoms. The third-order valence-electron chi connectivity index (χ3n) is 5.40. The van der Waals surface area contributed by atoms with E-state index in [4.69, 9.17) is 16.7 Å². The molecule has 0 saturated heterocycles. The fraction of sp³-hybridized carbons (Fsp3) is 0.208. The topological polar surface area (TPSA) is 93.0 Å². The molecule has 3 aromatic heterocycles. The van der Waals surface area contributed by atoms with Crippen molar-refractivity contribution in [3.8, 4) is 27.5 Å². The van der Waals surface area contributed by atoms with Crippen molar-refractivity contribution >= 4 is 51.6 Å². The Labute approximate surface area is 215 Å². The van der Waals surface area contributed by atoms with Crippen LogP contribution in [-0.4, -0.2) is 50.6 Å². The molecular formula is C24H21ClN6O2S2. The standard InChI is InChI=1S/C24H21ClN6O2S2/c1-12-5-6-15(10-26-12)19-22-20(21-17(11-34-22)28-24(35-21)27-13(2)32)31(29-19)18-8-7-14(9-16(18)25)23(33)30(3)4/h5-10H,11H2,1-4H3,(H,27,28,32). The van der Waals surface area contributed by atoms with Gasteiger partial charge in [0.2, 0.25) is 5.91 Å². The van der Waals surface area contributed by atoms with Crippen molar-refractivity contribution in [1.29, 1.82) is 0 Å². The van der Waals surface area contributed by atoms with Gasteiger partial charge in [0.05, 0.1) is 26.2 Å². The van der Waals surface area contributed by atoms with Gasteiger partial charge in [-0.05, 0) is 37.3 Å². The number of anilines is 1. The number of rotatable bonds is 4. The first-order chi connectivity index (χ1) is 16.7. The quantitative estimate of drug-likeness (QED) is 0.390. The minimum Gasteiger partial charge on any atom is -0.345 e. The molecule has 0 unspecified atom stereocenters. The third-order valence-corrected chi connectivity index (χ3v) is 7.82. The van der Waals surface area contributed by atoms with Gasteiger partial charge < -0.3 is 10.2 Å². The van der Waals surface area contributed by atoms with Gasteiger partial charge in [-0.1, -0.05) is 22.9 Å². The van der Waals surface area contributed by atoms with Crippen LogP contribution in [-0.2, 0) is 10.5 Å². The lowest BCUT2D eigenvalue weighted by atomic mass is 10.1. The summed E-state index contributed by atoms with van der Waals surface area (Å²) in [5.41, 5.74) is 5.48. The number of amides is 2. The number of benzene rings is 1. The Kier molecular flexibility index (Phi) is 6.12. The number of nitrogens with zero attached hydrogens (tertiary/aromatic N) is 5. The van der Waals surface area contributed by atoms with Gasteiger partial charge in [-0.3, -0.25) is 14.6 Å². The van der Waals surface area contributed by atoms with Crippen molar-refractivity contribution in [3.05, 3.63) is 58.5 Å². The van der Waals surface area contributed by atoms with E-state index in [1.165, 1.54) is 23.2 Å². The van der Waals surface area contributed by atoms with E-state index >= 15 is 0 Å². The molecule has 8 nitrogen and oxygen atoms in total. The zero-order valence-electron chi connectivity index (χ0n) is 19.4. The summed E-state index contributed by atoms with van der Waals surface area (Å²) in [4.78, 5) is 36.6. The van der Waals surface area contributed by atoms with Gasteiger partial charge >= 0.3 is 0 Å². The highest BCUT2D eigenvalue weighted by Crippen LogP contribution is 2.50. The monoisotopic (exact) mass is 524 g/mol. The molecule has 35 heavy (non-hydrogen) atoms. The van der Waals surface area contributed by atoms with E-state index in [1.807, 2.05) is 25.3 Å². The zero-order valence-corrected chi connectivity index (χ0v) is 21.8. The molecule has 0 atom stereocenters. The molecule has 0 fully saturated rings. The first-order valence-corrected chi connectivity index (χ1v) is 12.9. The zero-order chi connectivity index (χ0) is 24.9. The molecule has 0 saturated carbocycles. The third kappa shape index (κ3) is 4.33. The van der Waals surface area contributed by atoms with Gasteiger partial charge in [0.25, 0.3) is 5.91 Å². The summed E-state index contributed by atoms with van der Waals surface area (Å²) < 4.78 is 1.80. The number of aromatic nitrogens is 4. The maximum Gasteiger partial charge on any atom is 0.253 e. The smallest absolute Gasteiger partial charge is 0.253 e. The maximum atomic E-state index is 12.4. The van der Waals surface area contributed by atoms with Crippen molar-refractivity contribution in [2.75, 3.05) is 19.4 Å². The molecule has 178 valence electrons. The minimum atomic E-state index is -0.173. The number of thioether (sulfide) groups is 1. The molecule has 4 aromatic rings. The van der Waals surface area contributed by atoms with Crippen molar-refractivity contribution in [2.24, 2.45) is 0 Å². The van der Waals surface area contributed by atoms with Crippen molar-refractivity contribution in [3.63, 3.8) is 0 Å². The van der Waals surface area contributed by atoms with Crippen molar-refractivity contribution in [1.82, 2.24) is 24.6 Å². The Morgan fingerprint density at radius 1 is 1.20 bits per heavy atom. The molecule has 2 amide bonds. The van der Waals surface area contributed by atoms with E-state index < -0.39 is 0 Å². The Morgan fingerprint density at radius 2 is 2.00 bits per heavy atom. The van der Waals surface area contributed by atoms with E-state index in [9.17, 15) is 9.59 Å². The van der Waals surface area contributed by atoms with Crippen molar-refractivity contribution in [2.45, 2.75) is 24.5 Å². The average molecular weight is 525 g/mol. The second-order valence-corrected chi connectivity index (χ2v) is 10.6. The first-order valence-electron chi connectivity index (χ1n) is 10.7. The van der Waals surface area contributed by atoms with Crippen LogP contribution in [0.4, 0.5) is 5.13 Å². The van der Waals surface area contributed by atoms with Gasteiger partial charge in [-0.25, -0.2) is 9.67 Å². The molecule has 4 heterocycles. The highest BCUT2D eigenvalue weighted by atomic mass is 35.5. The number of hydrogen-bond donors (Lipinski definition) is 1. The number of halogens is 1. The number of pyridine rings is 1. The second-order valence-electron chi connectivity index (χ2n) is 8.26. The predicted molar refractivity (Wildman–Crippen MR) is 140 cm³/mol. The lowest BCUT2D eigenvalue weighted by Gasteiger charge is -2.15. The van der Waals surface area contributed by atoms with E-state index in [0.717, 1.165) is 38.1 Å². The molecule has 1 N–H and O–H groups in total. The van der Waals surface area contributed by atoms with Gasteiger partial charge in [0.1, 0.15) is 11.4 Å². The molecule has 1 aliphatic heterocycles. The summed E-state index contributed by atoms with van der Waals surface area (Å²) in [6.45, 7) is 3.40. The van der Waals surface area contributed by atoms with Crippen molar-refractivity contribution < 1.29 is 9.59 Å². The number of thiazole rings is 1. The molecule has 0 radical (unpaired) electrons. The summed E-state index contributed by atoms with van der Waals surface area (Å²) in [7, 11) is 3.40. The summed E-state index contributed by atoms with van der Waals surface area (Å²) in [5, 5.41) is 8.70. The highest BCUT2D eigenvalue weighted by Gasteiger charge is 2.31. The van der Waals surface area contributed by atoms with Crippen LogP contribution in [0, 0.1) is 6.92 Å². The second kappa shape index (κ2) is 9.10. The van der Waals surface area contributed by atoms with Crippen LogP contribution >= 0.6 is 34.7 Å². The van der Waals surface area contributed by atoms with Crippen LogP contribution < -0.4 is 5.32 Å². The van der Waals surface area contributed by atoms with Crippen LogP contribution in [0.3, 0.4) is 0 Å². The molecule has 1 aromatic carbocycles. The van der Waals surface area contributed by atoms with Crippen LogP contribution in [0.1, 0.15) is 28.7 Å². The molecular weight excluding hydrogens is 504 g/mol. The molecule has 5 rings (SSSR count). The van der Waals surface area contributed by atoms with E-state index in [-0.39, 0.29) is 11.8 Å². The first kappa shape index (κ1) is 23.5. The molecule has 1 aliphatic rings. The number of fused-ring (bicyclic) bond motifs is 3. The fourth-order valence-corrected chi connectivity index (χ4v) is 6.35. The average Bonchev–Trinajstić information content (AvgIpc) is 3.39. The van der Waals surface area contributed by atoms with Crippen LogP contribution in [0.15, 0.2) is 41.4 Å². The Balaban J connectivity index is 1.71. The fourth-order valence-electron chi connectivity index (χ4n) is 3.76. The number of hydrogen-bond acceptors (Lipinski definition) is 7. The lowest BCUT2D eigenvalue weighted by Crippen LogP contribution is -2.21. The Hall–Kier alpha value is -3.21. The number of carbonyl (C=O) groups excluding carboxylic acids is 2. The SMILES string of the molecule is CC(=O)Nc1nc2c(s1)-c1c(c(-c3ccc(C)nc3)nn1-c1ccc(C(=O)N(C)C)cc1Cl)SC2. The van der Waals surface area contributed by atoms with E-state index in [1.54, 1.807) is 48.7 Å². The summed E-state index contributed by atoms with van der Waals surface area (Å²) >= 11 is 9.76.